The van der Waals surface area contributed by atoms with Crippen LogP contribution in [0, 0.1) is 0 Å². The second-order valence-corrected chi connectivity index (χ2v) is 4.26. The smallest absolute Gasteiger partial charge is 0.303 e. The van der Waals surface area contributed by atoms with Crippen LogP contribution in [0.3, 0.4) is 0 Å². The van der Waals surface area contributed by atoms with Gasteiger partial charge in [0.1, 0.15) is 11.9 Å². The van der Waals surface area contributed by atoms with E-state index in [0.29, 0.717) is 6.42 Å². The van der Waals surface area contributed by atoms with Crippen molar-refractivity contribution in [2.45, 2.75) is 18.9 Å². The molecule has 2 aromatic rings. The third-order valence-corrected chi connectivity index (χ3v) is 2.81. The largest absolute Gasteiger partial charge is 0.486 e. The summed E-state index contributed by atoms with van der Waals surface area (Å²) in [4.78, 5) is 10.7. The van der Waals surface area contributed by atoms with E-state index in [1.54, 1.807) is 0 Å². The second-order valence-electron chi connectivity index (χ2n) is 4.26. The van der Waals surface area contributed by atoms with E-state index in [0.717, 1.165) is 11.3 Å². The molecule has 2 rings (SSSR count). The molecule has 2 aromatic carbocycles. The molecular formula is C16H16O3. The summed E-state index contributed by atoms with van der Waals surface area (Å²) in [5.74, 6) is -0.0562. The lowest BCUT2D eigenvalue weighted by Gasteiger charge is -2.19. The van der Waals surface area contributed by atoms with Gasteiger partial charge in [-0.2, -0.15) is 0 Å². The Balaban J connectivity index is 2.12. The molecule has 0 aliphatic heterocycles. The zero-order chi connectivity index (χ0) is 13.5. The minimum absolute atomic E-state index is 0.0897. The molecule has 0 saturated carbocycles. The highest BCUT2D eigenvalue weighted by molar-refractivity contribution is 5.66. The fourth-order valence-electron chi connectivity index (χ4n) is 1.88. The Morgan fingerprint density at radius 2 is 1.58 bits per heavy atom. The molecule has 0 aromatic heterocycles. The molecular weight excluding hydrogens is 240 g/mol. The Morgan fingerprint density at radius 3 is 2.16 bits per heavy atom. The average Bonchev–Trinajstić information content (AvgIpc) is 2.45. The number of para-hydroxylation sites is 1. The van der Waals surface area contributed by atoms with E-state index < -0.39 is 5.97 Å². The molecule has 1 atom stereocenters. The first-order valence-electron chi connectivity index (χ1n) is 6.24. The number of carbonyl (C=O) groups is 1. The van der Waals surface area contributed by atoms with Crippen molar-refractivity contribution in [1.82, 2.24) is 0 Å². The SMILES string of the molecule is O=C(O)CCC(Oc1ccccc1)c1ccccc1. The molecule has 0 fully saturated rings. The van der Waals surface area contributed by atoms with Crippen LogP contribution in [0.25, 0.3) is 0 Å². The van der Waals surface area contributed by atoms with Gasteiger partial charge < -0.3 is 9.84 Å². The lowest BCUT2D eigenvalue weighted by Crippen LogP contribution is -2.10. The summed E-state index contributed by atoms with van der Waals surface area (Å²) in [6.45, 7) is 0. The lowest BCUT2D eigenvalue weighted by atomic mass is 10.0. The van der Waals surface area contributed by atoms with Crippen LogP contribution in [-0.4, -0.2) is 11.1 Å². The van der Waals surface area contributed by atoms with Gasteiger partial charge in [-0.15, -0.1) is 0 Å². The van der Waals surface area contributed by atoms with Crippen molar-refractivity contribution in [2.24, 2.45) is 0 Å². The predicted octanol–water partition coefficient (Wildman–Crippen LogP) is 3.67. The summed E-state index contributed by atoms with van der Waals surface area (Å²) in [6, 6.07) is 19.2. The number of hydrogen-bond donors (Lipinski definition) is 1. The second kappa shape index (κ2) is 6.59. The minimum Gasteiger partial charge on any atom is -0.486 e. The number of ether oxygens (including phenoxy) is 1. The monoisotopic (exact) mass is 256 g/mol. The van der Waals surface area contributed by atoms with E-state index >= 15 is 0 Å². The molecule has 1 N–H and O–H groups in total. The predicted molar refractivity (Wildman–Crippen MR) is 73.1 cm³/mol. The van der Waals surface area contributed by atoms with Crippen LogP contribution < -0.4 is 4.74 Å². The van der Waals surface area contributed by atoms with Crippen LogP contribution in [0.1, 0.15) is 24.5 Å². The molecule has 0 amide bonds. The van der Waals surface area contributed by atoms with E-state index in [-0.39, 0.29) is 12.5 Å². The van der Waals surface area contributed by atoms with E-state index in [1.165, 1.54) is 0 Å². The topological polar surface area (TPSA) is 46.5 Å². The van der Waals surface area contributed by atoms with E-state index in [9.17, 15) is 4.79 Å². The summed E-state index contributed by atoms with van der Waals surface area (Å²) in [6.07, 6.45) is 0.306. The third-order valence-electron chi connectivity index (χ3n) is 2.81. The van der Waals surface area contributed by atoms with Gasteiger partial charge in [-0.3, -0.25) is 4.79 Å². The van der Waals surface area contributed by atoms with Gasteiger partial charge >= 0.3 is 5.97 Å². The molecule has 0 radical (unpaired) electrons. The molecule has 3 heteroatoms. The molecule has 3 nitrogen and oxygen atoms in total. The number of aliphatic carboxylic acids is 1. The Labute approximate surface area is 112 Å². The molecule has 19 heavy (non-hydrogen) atoms. The van der Waals surface area contributed by atoms with Crippen LogP contribution >= 0.6 is 0 Å². The van der Waals surface area contributed by atoms with E-state index in [1.807, 2.05) is 60.7 Å². The summed E-state index contributed by atoms with van der Waals surface area (Å²) >= 11 is 0. The fraction of sp³-hybridized carbons (Fsp3) is 0.188. The summed E-state index contributed by atoms with van der Waals surface area (Å²) in [5, 5.41) is 8.82. The van der Waals surface area contributed by atoms with E-state index in [2.05, 4.69) is 0 Å². The molecule has 0 saturated heterocycles. The summed E-state index contributed by atoms with van der Waals surface area (Å²) in [5.41, 5.74) is 0.993. The van der Waals surface area contributed by atoms with Crippen molar-refractivity contribution >= 4 is 5.97 Å². The van der Waals surface area contributed by atoms with Crippen LogP contribution in [0.15, 0.2) is 60.7 Å². The molecule has 0 aliphatic rings. The molecule has 0 aliphatic carbocycles. The van der Waals surface area contributed by atoms with Gasteiger partial charge in [0.25, 0.3) is 0 Å². The number of hydrogen-bond acceptors (Lipinski definition) is 2. The molecule has 0 spiro atoms. The standard InChI is InChI=1S/C16H16O3/c17-16(18)12-11-15(13-7-3-1-4-8-13)19-14-9-5-2-6-10-14/h1-10,15H,11-12H2,(H,17,18). The third kappa shape index (κ3) is 4.14. The van der Waals surface area contributed by atoms with Gasteiger partial charge in [-0.1, -0.05) is 48.5 Å². The molecule has 98 valence electrons. The van der Waals surface area contributed by atoms with Crippen molar-refractivity contribution in [3.63, 3.8) is 0 Å². The van der Waals surface area contributed by atoms with Crippen molar-refractivity contribution in [3.8, 4) is 5.75 Å². The number of benzene rings is 2. The Morgan fingerprint density at radius 1 is 1.00 bits per heavy atom. The van der Waals surface area contributed by atoms with E-state index in [4.69, 9.17) is 9.84 Å². The maximum atomic E-state index is 10.7. The highest BCUT2D eigenvalue weighted by Crippen LogP contribution is 2.25. The van der Waals surface area contributed by atoms with Crippen molar-refractivity contribution in [1.29, 1.82) is 0 Å². The molecule has 1 unspecified atom stereocenters. The lowest BCUT2D eigenvalue weighted by molar-refractivity contribution is -0.137. The van der Waals surface area contributed by atoms with Crippen LogP contribution in [0.2, 0.25) is 0 Å². The van der Waals surface area contributed by atoms with Gasteiger partial charge in [0.15, 0.2) is 0 Å². The summed E-state index contributed by atoms with van der Waals surface area (Å²) < 4.78 is 5.89. The van der Waals surface area contributed by atoms with Gasteiger partial charge in [0.2, 0.25) is 0 Å². The van der Waals surface area contributed by atoms with Gasteiger partial charge in [-0.25, -0.2) is 0 Å². The van der Waals surface area contributed by atoms with Gasteiger partial charge in [0, 0.05) is 6.42 Å². The highest BCUT2D eigenvalue weighted by atomic mass is 16.5. The fourth-order valence-corrected chi connectivity index (χ4v) is 1.88. The Bertz CT molecular complexity index is 508. The highest BCUT2D eigenvalue weighted by Gasteiger charge is 2.14. The molecule has 0 bridgehead atoms. The van der Waals surface area contributed by atoms with Crippen LogP contribution in [0.4, 0.5) is 0 Å². The minimum atomic E-state index is -0.808. The van der Waals surface area contributed by atoms with Gasteiger partial charge in [0.05, 0.1) is 0 Å². The first-order valence-corrected chi connectivity index (χ1v) is 6.24. The maximum absolute atomic E-state index is 10.7. The number of rotatable bonds is 6. The van der Waals surface area contributed by atoms with Crippen molar-refractivity contribution < 1.29 is 14.6 Å². The maximum Gasteiger partial charge on any atom is 0.303 e. The first kappa shape index (κ1) is 13.1. The van der Waals surface area contributed by atoms with Crippen LogP contribution in [-0.2, 0) is 4.79 Å². The average molecular weight is 256 g/mol. The zero-order valence-corrected chi connectivity index (χ0v) is 10.5. The normalized spacial score (nSPS) is 11.8. The van der Waals surface area contributed by atoms with Crippen molar-refractivity contribution in [3.05, 3.63) is 66.2 Å². The van der Waals surface area contributed by atoms with Crippen LogP contribution in [0.5, 0.6) is 5.75 Å². The Kier molecular flexibility index (Phi) is 4.56. The van der Waals surface area contributed by atoms with Crippen molar-refractivity contribution in [2.75, 3.05) is 0 Å². The number of carboxylic acid groups (broad SMARTS) is 1. The first-order chi connectivity index (χ1) is 9.25. The van der Waals surface area contributed by atoms with Gasteiger partial charge in [-0.05, 0) is 24.1 Å². The number of carboxylic acids is 1. The quantitative estimate of drug-likeness (QED) is 0.857. The molecule has 0 heterocycles. The summed E-state index contributed by atoms with van der Waals surface area (Å²) in [7, 11) is 0. The Hall–Kier alpha value is -2.29. The zero-order valence-electron chi connectivity index (χ0n) is 10.5.